The number of carbonyl (C=O) groups is 1. The molecule has 2 aromatic carbocycles. The quantitative estimate of drug-likeness (QED) is 0.598. The number of aliphatic hydroxyl groups is 1. The number of alkyl halides is 3. The second kappa shape index (κ2) is 8.39. The second-order valence-electron chi connectivity index (χ2n) is 7.07. The van der Waals surface area contributed by atoms with Gasteiger partial charge in [-0.05, 0) is 36.6 Å². The van der Waals surface area contributed by atoms with Gasteiger partial charge in [-0.25, -0.2) is 8.78 Å². The second-order valence-corrected chi connectivity index (χ2v) is 7.47. The minimum Gasteiger partial charge on any atom is -0.483 e. The lowest BCUT2D eigenvalue weighted by Crippen LogP contribution is -2.35. The minimum atomic E-state index is -4.53. The van der Waals surface area contributed by atoms with Gasteiger partial charge in [0.15, 0.2) is 6.61 Å². The highest BCUT2D eigenvalue weighted by molar-refractivity contribution is 6.32. The zero-order valence-corrected chi connectivity index (χ0v) is 16.2. The number of aliphatic hydroxyl groups excluding tert-OH is 1. The van der Waals surface area contributed by atoms with Crippen molar-refractivity contribution in [2.24, 2.45) is 0 Å². The first kappa shape index (κ1) is 22.3. The van der Waals surface area contributed by atoms with E-state index in [1.165, 1.54) is 12.1 Å². The van der Waals surface area contributed by atoms with Crippen LogP contribution < -0.4 is 10.1 Å². The Morgan fingerprint density at radius 1 is 1.20 bits per heavy atom. The molecule has 4 nitrogen and oxygen atoms in total. The fourth-order valence-corrected chi connectivity index (χ4v) is 3.23. The average Bonchev–Trinajstić information content (AvgIpc) is 3.40. The standard InChI is InChI=1S/C20H17ClF5NO3/c21-14-4-1-11(7-17(14)30-10-20(24,25)26)19(5-6-19)27-18(29)9-16(28)13-3-2-12(22)8-15(13)23/h1-4,7-8,16,28H,5-6,9-10H2,(H,27,29). The van der Waals surface area contributed by atoms with Gasteiger partial charge in [-0.15, -0.1) is 0 Å². The maximum atomic E-state index is 13.8. The van der Waals surface area contributed by atoms with Crippen LogP contribution in [-0.2, 0) is 10.3 Å². The summed E-state index contributed by atoms with van der Waals surface area (Å²) < 4.78 is 68.7. The van der Waals surface area contributed by atoms with Gasteiger partial charge >= 0.3 is 6.18 Å². The van der Waals surface area contributed by atoms with Crippen LogP contribution in [0.15, 0.2) is 36.4 Å². The summed E-state index contributed by atoms with van der Waals surface area (Å²) in [6.45, 7) is -1.51. The van der Waals surface area contributed by atoms with Gasteiger partial charge in [0.1, 0.15) is 17.4 Å². The third-order valence-corrected chi connectivity index (χ3v) is 5.02. The molecule has 0 aliphatic heterocycles. The van der Waals surface area contributed by atoms with Crippen molar-refractivity contribution in [1.29, 1.82) is 0 Å². The number of benzene rings is 2. The van der Waals surface area contributed by atoms with Gasteiger partial charge in [-0.2, -0.15) is 13.2 Å². The third kappa shape index (κ3) is 5.40. The molecule has 0 radical (unpaired) electrons. The molecule has 162 valence electrons. The maximum absolute atomic E-state index is 13.8. The van der Waals surface area contributed by atoms with Crippen LogP contribution in [0.4, 0.5) is 22.0 Å². The third-order valence-electron chi connectivity index (χ3n) is 4.70. The van der Waals surface area contributed by atoms with Gasteiger partial charge in [0.2, 0.25) is 5.91 Å². The highest BCUT2D eigenvalue weighted by atomic mass is 35.5. The van der Waals surface area contributed by atoms with Crippen LogP contribution in [0.5, 0.6) is 5.75 Å². The lowest BCUT2D eigenvalue weighted by atomic mass is 10.0. The minimum absolute atomic E-state index is 0.00710. The monoisotopic (exact) mass is 449 g/mol. The molecule has 0 bridgehead atoms. The molecule has 0 heterocycles. The van der Waals surface area contributed by atoms with Gasteiger partial charge in [-0.3, -0.25) is 4.79 Å². The van der Waals surface area contributed by atoms with Gasteiger partial charge < -0.3 is 15.2 Å². The van der Waals surface area contributed by atoms with Crippen molar-refractivity contribution in [3.05, 3.63) is 64.2 Å². The molecule has 2 aromatic rings. The van der Waals surface area contributed by atoms with Gasteiger partial charge in [0.25, 0.3) is 0 Å². The van der Waals surface area contributed by atoms with Crippen LogP contribution in [-0.4, -0.2) is 23.8 Å². The Bertz CT molecular complexity index is 947. The number of nitrogens with one attached hydrogen (secondary N) is 1. The largest absolute Gasteiger partial charge is 0.483 e. The summed E-state index contributed by atoms with van der Waals surface area (Å²) in [5.74, 6) is -2.55. The molecule has 0 spiro atoms. The summed E-state index contributed by atoms with van der Waals surface area (Å²) in [6.07, 6.45) is -5.47. The molecule has 0 aromatic heterocycles. The summed E-state index contributed by atoms with van der Waals surface area (Å²) in [5, 5.41) is 12.8. The molecular formula is C20H17ClF5NO3. The Balaban J connectivity index is 1.68. The van der Waals surface area contributed by atoms with Crippen LogP contribution in [0.25, 0.3) is 0 Å². The molecule has 1 aliphatic carbocycles. The number of amides is 1. The predicted octanol–water partition coefficient (Wildman–Crippen LogP) is 4.79. The van der Waals surface area contributed by atoms with Crippen molar-refractivity contribution in [1.82, 2.24) is 5.32 Å². The maximum Gasteiger partial charge on any atom is 0.422 e. The number of hydrogen-bond acceptors (Lipinski definition) is 3. The zero-order valence-electron chi connectivity index (χ0n) is 15.4. The number of halogens is 6. The van der Waals surface area contributed by atoms with Gasteiger partial charge in [0.05, 0.1) is 23.1 Å². The van der Waals surface area contributed by atoms with E-state index in [0.717, 1.165) is 12.1 Å². The summed E-state index contributed by atoms with van der Waals surface area (Å²) in [7, 11) is 0. The zero-order chi connectivity index (χ0) is 22.1. The van der Waals surface area contributed by atoms with E-state index in [1.807, 2.05) is 0 Å². The number of carbonyl (C=O) groups excluding carboxylic acids is 1. The highest BCUT2D eigenvalue weighted by Crippen LogP contribution is 2.47. The van der Waals surface area contributed by atoms with E-state index < -0.39 is 48.4 Å². The van der Waals surface area contributed by atoms with E-state index in [0.29, 0.717) is 24.5 Å². The lowest BCUT2D eigenvalue weighted by Gasteiger charge is -2.21. The summed E-state index contributed by atoms with van der Waals surface area (Å²) in [6, 6.07) is 6.90. The van der Waals surface area contributed by atoms with Crippen molar-refractivity contribution < 1.29 is 36.6 Å². The molecule has 0 saturated heterocycles. The summed E-state index contributed by atoms with van der Waals surface area (Å²) in [5.41, 5.74) is -0.551. The Morgan fingerprint density at radius 2 is 1.90 bits per heavy atom. The smallest absolute Gasteiger partial charge is 0.422 e. The Morgan fingerprint density at radius 3 is 2.50 bits per heavy atom. The molecule has 3 rings (SSSR count). The van der Waals surface area contributed by atoms with Crippen LogP contribution in [0.2, 0.25) is 5.02 Å². The Labute approximate surface area is 173 Å². The predicted molar refractivity (Wildman–Crippen MR) is 98.0 cm³/mol. The molecular weight excluding hydrogens is 433 g/mol. The fraction of sp³-hybridized carbons (Fsp3) is 0.350. The van der Waals surface area contributed by atoms with Gasteiger partial charge in [-0.1, -0.05) is 23.7 Å². The Hall–Kier alpha value is -2.39. The van der Waals surface area contributed by atoms with Crippen LogP contribution in [0, 0.1) is 11.6 Å². The summed E-state index contributed by atoms with van der Waals surface area (Å²) >= 11 is 5.89. The topological polar surface area (TPSA) is 58.6 Å². The van der Waals surface area contributed by atoms with Crippen molar-refractivity contribution >= 4 is 17.5 Å². The first-order chi connectivity index (χ1) is 14.0. The van der Waals surface area contributed by atoms with E-state index in [4.69, 9.17) is 16.3 Å². The highest BCUT2D eigenvalue weighted by Gasteiger charge is 2.46. The fourth-order valence-electron chi connectivity index (χ4n) is 3.06. The van der Waals surface area contributed by atoms with E-state index in [9.17, 15) is 31.9 Å². The molecule has 30 heavy (non-hydrogen) atoms. The van der Waals surface area contributed by atoms with Crippen molar-refractivity contribution in [3.63, 3.8) is 0 Å². The van der Waals surface area contributed by atoms with E-state index >= 15 is 0 Å². The van der Waals surface area contributed by atoms with Crippen molar-refractivity contribution in [3.8, 4) is 5.75 Å². The van der Waals surface area contributed by atoms with E-state index in [1.54, 1.807) is 6.07 Å². The van der Waals surface area contributed by atoms with Gasteiger partial charge in [0, 0.05) is 11.6 Å². The van der Waals surface area contributed by atoms with E-state index in [-0.39, 0.29) is 16.3 Å². The molecule has 1 saturated carbocycles. The lowest BCUT2D eigenvalue weighted by molar-refractivity contribution is -0.153. The molecule has 1 atom stereocenters. The molecule has 1 fully saturated rings. The normalized spacial score (nSPS) is 16.1. The first-order valence-corrected chi connectivity index (χ1v) is 9.30. The summed E-state index contributed by atoms with van der Waals surface area (Å²) in [4.78, 5) is 12.4. The van der Waals surface area contributed by atoms with Crippen molar-refractivity contribution in [2.75, 3.05) is 6.61 Å². The molecule has 1 aliphatic rings. The van der Waals surface area contributed by atoms with E-state index in [2.05, 4.69) is 5.32 Å². The number of hydrogen-bond donors (Lipinski definition) is 2. The molecule has 1 unspecified atom stereocenters. The molecule has 10 heteroatoms. The van der Waals surface area contributed by atoms with Crippen LogP contribution in [0.3, 0.4) is 0 Å². The number of rotatable bonds is 7. The first-order valence-electron chi connectivity index (χ1n) is 8.93. The average molecular weight is 450 g/mol. The van der Waals surface area contributed by atoms with Crippen molar-refractivity contribution in [2.45, 2.75) is 37.1 Å². The molecule has 1 amide bonds. The SMILES string of the molecule is O=C(CC(O)c1ccc(F)cc1F)NC1(c2ccc(Cl)c(OCC(F)(F)F)c2)CC1. The van der Waals surface area contributed by atoms with Crippen LogP contribution >= 0.6 is 11.6 Å². The Kier molecular flexibility index (Phi) is 6.24. The van der Waals surface area contributed by atoms with Crippen LogP contribution in [0.1, 0.15) is 36.5 Å². The number of ether oxygens (including phenoxy) is 1. The molecule has 2 N–H and O–H groups in total.